The van der Waals surface area contributed by atoms with Crippen LogP contribution >= 0.6 is 15.6 Å². The number of aliphatic hydroxyl groups is 1. The Bertz CT molecular complexity index is 1810. The number of unbranched alkanes of at least 4 members (excludes halogenated alkanes) is 46. The summed E-state index contributed by atoms with van der Waals surface area (Å²) in [7, 11) is -9.91. The fourth-order valence-corrected chi connectivity index (χ4v) is 13.1. The first-order valence-electron chi connectivity index (χ1n) is 39.2. The lowest BCUT2D eigenvalue weighted by Gasteiger charge is -2.21. The highest BCUT2D eigenvalue weighted by Gasteiger charge is 2.30. The molecule has 0 bridgehead atoms. The molecule has 0 aromatic heterocycles. The van der Waals surface area contributed by atoms with Crippen LogP contribution in [0.3, 0.4) is 0 Å². The van der Waals surface area contributed by atoms with Gasteiger partial charge in [-0.05, 0) is 31.6 Å². The molecule has 0 spiro atoms. The number of hydrogen-bond donors (Lipinski definition) is 3. The van der Waals surface area contributed by atoms with Crippen molar-refractivity contribution < 1.29 is 80.2 Å². The molecular weight excluding hydrogens is 1230 g/mol. The van der Waals surface area contributed by atoms with Crippen LogP contribution in [0.25, 0.3) is 0 Å². The van der Waals surface area contributed by atoms with Gasteiger partial charge in [-0.25, -0.2) is 9.13 Å². The minimum atomic E-state index is -4.96. The molecule has 0 saturated heterocycles. The molecule has 0 radical (unpaired) electrons. The Morgan fingerprint density at radius 3 is 0.755 bits per heavy atom. The molecule has 0 aliphatic rings. The number of phosphoric acid groups is 2. The van der Waals surface area contributed by atoms with Crippen molar-refractivity contribution in [2.45, 2.75) is 412 Å². The molecule has 0 aromatic carbocycles. The van der Waals surface area contributed by atoms with Crippen LogP contribution < -0.4 is 0 Å². The van der Waals surface area contributed by atoms with Gasteiger partial charge in [-0.1, -0.05) is 343 Å². The second-order valence-electron chi connectivity index (χ2n) is 27.3. The molecule has 0 amide bonds. The molecule has 558 valence electrons. The van der Waals surface area contributed by atoms with Crippen molar-refractivity contribution in [1.29, 1.82) is 0 Å². The van der Waals surface area contributed by atoms with E-state index in [1.54, 1.807) is 0 Å². The van der Waals surface area contributed by atoms with E-state index >= 15 is 0 Å². The summed E-state index contributed by atoms with van der Waals surface area (Å²) in [6.07, 6.45) is 56.8. The minimum Gasteiger partial charge on any atom is -0.462 e. The number of phosphoric ester groups is 2. The second kappa shape index (κ2) is 68.2. The maximum Gasteiger partial charge on any atom is 0.472 e. The molecule has 19 heteroatoms. The van der Waals surface area contributed by atoms with Crippen molar-refractivity contribution in [2.24, 2.45) is 5.92 Å². The van der Waals surface area contributed by atoms with Crippen molar-refractivity contribution >= 4 is 39.5 Å². The predicted octanol–water partition coefficient (Wildman–Crippen LogP) is 22.1. The van der Waals surface area contributed by atoms with Gasteiger partial charge in [-0.2, -0.15) is 0 Å². The predicted molar refractivity (Wildman–Crippen MR) is 382 cm³/mol. The molecule has 3 unspecified atom stereocenters. The number of rotatable bonds is 75. The monoisotopic (exact) mass is 1380 g/mol. The van der Waals surface area contributed by atoms with Gasteiger partial charge in [-0.15, -0.1) is 0 Å². The molecule has 0 fully saturated rings. The van der Waals surface area contributed by atoms with E-state index in [2.05, 4.69) is 34.6 Å². The van der Waals surface area contributed by atoms with Crippen molar-refractivity contribution in [3.05, 3.63) is 0 Å². The lowest BCUT2D eigenvalue weighted by molar-refractivity contribution is -0.161. The molecule has 0 rings (SSSR count). The summed E-state index contributed by atoms with van der Waals surface area (Å²) in [6, 6.07) is 0. The van der Waals surface area contributed by atoms with Gasteiger partial charge in [0.25, 0.3) is 0 Å². The molecule has 94 heavy (non-hydrogen) atoms. The first-order valence-corrected chi connectivity index (χ1v) is 42.2. The topological polar surface area (TPSA) is 237 Å². The van der Waals surface area contributed by atoms with Gasteiger partial charge in [0.2, 0.25) is 0 Å². The third kappa shape index (κ3) is 67.3. The van der Waals surface area contributed by atoms with E-state index in [1.165, 1.54) is 212 Å². The number of aliphatic hydroxyl groups excluding tert-OH is 1. The van der Waals surface area contributed by atoms with Gasteiger partial charge in [0.05, 0.1) is 26.4 Å². The lowest BCUT2D eigenvalue weighted by Crippen LogP contribution is -2.30. The van der Waals surface area contributed by atoms with Crippen LogP contribution in [0.2, 0.25) is 0 Å². The van der Waals surface area contributed by atoms with Crippen LogP contribution in [-0.2, 0) is 65.4 Å². The van der Waals surface area contributed by atoms with Gasteiger partial charge in [-0.3, -0.25) is 37.3 Å². The maximum absolute atomic E-state index is 13.1. The normalized spacial score (nSPS) is 14.3. The van der Waals surface area contributed by atoms with Crippen LogP contribution in [-0.4, -0.2) is 96.7 Å². The van der Waals surface area contributed by atoms with Crippen molar-refractivity contribution in [2.75, 3.05) is 39.6 Å². The summed E-state index contributed by atoms with van der Waals surface area (Å²) < 4.78 is 68.5. The SMILES string of the molecule is CCCCCCCCCCCCCCCCCCCC(=O)O[C@H](COC(=O)CCCCCCCCCCCCCCCCC)COP(=O)(O)OC[C@@H](O)COP(=O)(O)OC[C@@H](COC(=O)CCCCCCCCCC)OC(=O)CCCCCCCCCCCCC(C)CC. The standard InChI is InChI=1S/C75H146O17P2/c1-6-10-13-16-19-22-24-26-28-29-31-33-35-40-45-50-55-60-74(79)92-71(65-86-73(78)59-54-49-44-39-34-32-30-27-25-23-20-17-14-11-7-2)67-90-94(83,84)88-63-69(76)62-87-93(81,82)89-66-70(64-85-72(77)58-53-48-43-21-18-15-12-8-3)91-75(80)61-56-51-46-41-37-36-38-42-47-52-57-68(5)9-4/h68-71,76H,6-67H2,1-5H3,(H,81,82)(H,83,84)/t68?,69-,70+,71+/m0/s1. The van der Waals surface area contributed by atoms with Crippen molar-refractivity contribution in [1.82, 2.24) is 0 Å². The van der Waals surface area contributed by atoms with Gasteiger partial charge in [0.1, 0.15) is 19.3 Å². The third-order valence-electron chi connectivity index (χ3n) is 17.9. The second-order valence-corrected chi connectivity index (χ2v) is 30.2. The average Bonchev–Trinajstić information content (AvgIpc) is 1.45. The third-order valence-corrected chi connectivity index (χ3v) is 19.8. The van der Waals surface area contributed by atoms with Gasteiger partial charge in [0.15, 0.2) is 12.2 Å². The summed E-state index contributed by atoms with van der Waals surface area (Å²) in [5.41, 5.74) is 0. The van der Waals surface area contributed by atoms with Crippen LogP contribution in [0.5, 0.6) is 0 Å². The van der Waals surface area contributed by atoms with Crippen molar-refractivity contribution in [3.8, 4) is 0 Å². The van der Waals surface area contributed by atoms with E-state index < -0.39 is 97.5 Å². The fourth-order valence-electron chi connectivity index (χ4n) is 11.5. The Morgan fingerprint density at radius 1 is 0.298 bits per heavy atom. The fraction of sp³-hybridized carbons (Fsp3) is 0.947. The highest BCUT2D eigenvalue weighted by molar-refractivity contribution is 7.47. The van der Waals surface area contributed by atoms with Gasteiger partial charge in [0, 0.05) is 25.7 Å². The van der Waals surface area contributed by atoms with E-state index in [-0.39, 0.29) is 25.7 Å². The zero-order chi connectivity index (χ0) is 69.1. The van der Waals surface area contributed by atoms with E-state index in [9.17, 15) is 43.2 Å². The Labute approximate surface area is 575 Å². The summed E-state index contributed by atoms with van der Waals surface area (Å²) in [5.74, 6) is -1.31. The van der Waals surface area contributed by atoms with Crippen LogP contribution in [0.1, 0.15) is 394 Å². The summed E-state index contributed by atoms with van der Waals surface area (Å²) >= 11 is 0. The van der Waals surface area contributed by atoms with Crippen LogP contribution in [0.15, 0.2) is 0 Å². The molecule has 0 aromatic rings. The highest BCUT2D eigenvalue weighted by atomic mass is 31.2. The number of ether oxygens (including phenoxy) is 4. The first kappa shape index (κ1) is 92.1. The molecule has 17 nitrogen and oxygen atoms in total. The number of carbonyl (C=O) groups is 4. The average molecular weight is 1380 g/mol. The zero-order valence-electron chi connectivity index (χ0n) is 61.1. The van der Waals surface area contributed by atoms with Crippen molar-refractivity contribution in [3.63, 3.8) is 0 Å². The molecule has 3 N–H and O–H groups in total. The molecule has 6 atom stereocenters. The Hall–Kier alpha value is -1.94. The lowest BCUT2D eigenvalue weighted by atomic mass is 9.99. The minimum absolute atomic E-state index is 0.106. The smallest absolute Gasteiger partial charge is 0.462 e. The Kier molecular flexibility index (Phi) is 66.8. The Morgan fingerprint density at radius 2 is 0.511 bits per heavy atom. The highest BCUT2D eigenvalue weighted by Crippen LogP contribution is 2.45. The molecule has 0 aliphatic carbocycles. The van der Waals surface area contributed by atoms with Crippen LogP contribution in [0.4, 0.5) is 0 Å². The number of hydrogen-bond acceptors (Lipinski definition) is 15. The van der Waals surface area contributed by atoms with E-state index in [0.29, 0.717) is 25.7 Å². The molecular formula is C75H146O17P2. The largest absolute Gasteiger partial charge is 0.472 e. The van der Waals surface area contributed by atoms with Gasteiger partial charge >= 0.3 is 39.5 Å². The summed E-state index contributed by atoms with van der Waals surface area (Å²) in [6.45, 7) is 7.29. The zero-order valence-corrected chi connectivity index (χ0v) is 62.9. The first-order chi connectivity index (χ1) is 45.6. The number of esters is 4. The van der Waals surface area contributed by atoms with E-state index in [0.717, 1.165) is 102 Å². The summed E-state index contributed by atoms with van der Waals surface area (Å²) in [5, 5.41) is 10.6. The molecule has 0 aliphatic heterocycles. The van der Waals surface area contributed by atoms with Crippen LogP contribution in [0, 0.1) is 5.92 Å². The number of carbonyl (C=O) groups excluding carboxylic acids is 4. The molecule has 0 heterocycles. The Balaban J connectivity index is 5.22. The summed E-state index contributed by atoms with van der Waals surface area (Å²) in [4.78, 5) is 72.7. The van der Waals surface area contributed by atoms with E-state index in [4.69, 9.17) is 37.0 Å². The van der Waals surface area contributed by atoms with E-state index in [1.807, 2.05) is 0 Å². The quantitative estimate of drug-likeness (QED) is 0.0222. The maximum atomic E-state index is 13.1. The molecule has 0 saturated carbocycles. The van der Waals surface area contributed by atoms with Gasteiger partial charge < -0.3 is 33.8 Å².